The summed E-state index contributed by atoms with van der Waals surface area (Å²) in [5.41, 5.74) is 1.13. The number of nitrogens with one attached hydrogen (secondary N) is 2. The summed E-state index contributed by atoms with van der Waals surface area (Å²) < 4.78 is 0. The quantitative estimate of drug-likeness (QED) is 0.827. The number of aromatic nitrogens is 3. The van der Waals surface area contributed by atoms with E-state index in [0.717, 1.165) is 5.56 Å². The molecule has 0 spiro atoms. The second kappa shape index (κ2) is 5.25. The number of hydrogen-bond acceptors (Lipinski definition) is 3. The van der Waals surface area contributed by atoms with Crippen molar-refractivity contribution in [2.75, 3.05) is 6.54 Å². The van der Waals surface area contributed by atoms with E-state index in [2.05, 4.69) is 20.5 Å². The van der Waals surface area contributed by atoms with Crippen LogP contribution in [0.5, 0.6) is 0 Å². The number of nitrogens with zero attached hydrogens (tertiary/aromatic N) is 2. The maximum Gasteiger partial charge on any atom is 0.290 e. The SMILES string of the molecule is CCNC(=O)c1n[nH]c(Cc2ccccc2)n1. The van der Waals surface area contributed by atoms with Gasteiger partial charge < -0.3 is 5.32 Å². The van der Waals surface area contributed by atoms with Crippen molar-refractivity contribution < 1.29 is 4.79 Å². The summed E-state index contributed by atoms with van der Waals surface area (Å²) in [7, 11) is 0. The number of carbonyl (C=O) groups is 1. The molecule has 0 aliphatic carbocycles. The van der Waals surface area contributed by atoms with Gasteiger partial charge in [0.05, 0.1) is 0 Å². The first-order chi connectivity index (χ1) is 8.29. The molecular formula is C12H14N4O. The van der Waals surface area contributed by atoms with Gasteiger partial charge in [0.15, 0.2) is 0 Å². The Morgan fingerprint density at radius 3 is 2.82 bits per heavy atom. The number of amides is 1. The van der Waals surface area contributed by atoms with E-state index in [-0.39, 0.29) is 11.7 Å². The molecule has 0 atom stereocenters. The Balaban J connectivity index is 2.06. The Labute approximate surface area is 99.3 Å². The molecule has 0 unspecified atom stereocenters. The van der Waals surface area contributed by atoms with E-state index in [1.165, 1.54) is 0 Å². The predicted octanol–water partition coefficient (Wildman–Crippen LogP) is 1.15. The number of benzene rings is 1. The first-order valence-electron chi connectivity index (χ1n) is 5.53. The Hall–Kier alpha value is -2.17. The van der Waals surface area contributed by atoms with Gasteiger partial charge in [-0.2, -0.15) is 0 Å². The van der Waals surface area contributed by atoms with E-state index in [1.54, 1.807) is 0 Å². The van der Waals surface area contributed by atoms with Gasteiger partial charge in [-0.1, -0.05) is 30.3 Å². The van der Waals surface area contributed by atoms with Gasteiger partial charge in [-0.15, -0.1) is 5.10 Å². The highest BCUT2D eigenvalue weighted by Crippen LogP contribution is 2.04. The van der Waals surface area contributed by atoms with E-state index >= 15 is 0 Å². The summed E-state index contributed by atoms with van der Waals surface area (Å²) in [6, 6.07) is 9.92. The summed E-state index contributed by atoms with van der Waals surface area (Å²) in [4.78, 5) is 15.6. The number of H-pyrrole nitrogens is 1. The van der Waals surface area contributed by atoms with Crippen molar-refractivity contribution in [3.05, 3.63) is 47.5 Å². The molecule has 17 heavy (non-hydrogen) atoms. The van der Waals surface area contributed by atoms with Crippen LogP contribution < -0.4 is 5.32 Å². The minimum atomic E-state index is -0.247. The van der Waals surface area contributed by atoms with E-state index in [1.807, 2.05) is 37.3 Å². The van der Waals surface area contributed by atoms with Gasteiger partial charge in [0.2, 0.25) is 5.82 Å². The maximum atomic E-state index is 11.5. The average Bonchev–Trinajstić information content (AvgIpc) is 2.79. The summed E-state index contributed by atoms with van der Waals surface area (Å²) in [5.74, 6) is 0.637. The fourth-order valence-electron chi connectivity index (χ4n) is 1.50. The molecule has 0 aliphatic rings. The highest BCUT2D eigenvalue weighted by molar-refractivity contribution is 5.90. The van der Waals surface area contributed by atoms with Crippen molar-refractivity contribution in [3.63, 3.8) is 0 Å². The number of aromatic amines is 1. The molecule has 0 bridgehead atoms. The van der Waals surface area contributed by atoms with Crippen LogP contribution >= 0.6 is 0 Å². The van der Waals surface area contributed by atoms with E-state index in [4.69, 9.17) is 0 Å². The third-order valence-electron chi connectivity index (χ3n) is 2.29. The van der Waals surface area contributed by atoms with Crippen LogP contribution in [0.25, 0.3) is 0 Å². The van der Waals surface area contributed by atoms with Crippen LogP contribution in [0.3, 0.4) is 0 Å². The van der Waals surface area contributed by atoms with Gasteiger partial charge >= 0.3 is 0 Å². The number of hydrogen-bond donors (Lipinski definition) is 2. The van der Waals surface area contributed by atoms with Gasteiger partial charge in [-0.3, -0.25) is 9.89 Å². The molecule has 88 valence electrons. The molecular weight excluding hydrogens is 216 g/mol. The Kier molecular flexibility index (Phi) is 3.49. The number of carbonyl (C=O) groups excluding carboxylic acids is 1. The molecule has 1 heterocycles. The largest absolute Gasteiger partial charge is 0.350 e. The third-order valence-corrected chi connectivity index (χ3v) is 2.29. The zero-order valence-corrected chi connectivity index (χ0v) is 9.60. The Bertz CT molecular complexity index is 492. The lowest BCUT2D eigenvalue weighted by atomic mass is 10.1. The molecule has 1 aromatic heterocycles. The second-order valence-corrected chi connectivity index (χ2v) is 3.63. The topological polar surface area (TPSA) is 70.7 Å². The smallest absolute Gasteiger partial charge is 0.290 e. The normalized spacial score (nSPS) is 10.2. The van der Waals surface area contributed by atoms with Crippen molar-refractivity contribution in [3.8, 4) is 0 Å². The highest BCUT2D eigenvalue weighted by atomic mass is 16.2. The lowest BCUT2D eigenvalue weighted by Crippen LogP contribution is -2.23. The first kappa shape index (κ1) is 11.3. The van der Waals surface area contributed by atoms with Crippen molar-refractivity contribution in [1.29, 1.82) is 0 Å². The fraction of sp³-hybridized carbons (Fsp3) is 0.250. The molecule has 2 aromatic rings. The lowest BCUT2D eigenvalue weighted by molar-refractivity contribution is 0.0946. The zero-order valence-electron chi connectivity index (χ0n) is 9.60. The molecule has 0 radical (unpaired) electrons. The third kappa shape index (κ3) is 2.90. The van der Waals surface area contributed by atoms with Crippen molar-refractivity contribution in [2.24, 2.45) is 0 Å². The highest BCUT2D eigenvalue weighted by Gasteiger charge is 2.11. The summed E-state index contributed by atoms with van der Waals surface area (Å²) in [6.45, 7) is 2.43. The molecule has 5 nitrogen and oxygen atoms in total. The van der Waals surface area contributed by atoms with Gasteiger partial charge in [0.1, 0.15) is 5.82 Å². The molecule has 0 aliphatic heterocycles. The Morgan fingerprint density at radius 2 is 2.12 bits per heavy atom. The van der Waals surface area contributed by atoms with Crippen molar-refractivity contribution in [1.82, 2.24) is 20.5 Å². The van der Waals surface area contributed by atoms with Gasteiger partial charge in [0.25, 0.3) is 5.91 Å². The van der Waals surface area contributed by atoms with E-state index in [9.17, 15) is 4.79 Å². The van der Waals surface area contributed by atoms with Crippen LogP contribution in [0.15, 0.2) is 30.3 Å². The lowest BCUT2D eigenvalue weighted by Gasteiger charge is -1.96. The van der Waals surface area contributed by atoms with Crippen LogP contribution in [0.4, 0.5) is 0 Å². The van der Waals surface area contributed by atoms with Gasteiger partial charge in [0, 0.05) is 13.0 Å². The molecule has 0 saturated heterocycles. The molecule has 0 saturated carbocycles. The molecule has 1 amide bonds. The Morgan fingerprint density at radius 1 is 1.35 bits per heavy atom. The second-order valence-electron chi connectivity index (χ2n) is 3.63. The summed E-state index contributed by atoms with van der Waals surface area (Å²) in [6.07, 6.45) is 0.646. The zero-order chi connectivity index (χ0) is 12.1. The van der Waals surface area contributed by atoms with Crippen LogP contribution in [0.2, 0.25) is 0 Å². The molecule has 2 N–H and O–H groups in total. The van der Waals surface area contributed by atoms with Gasteiger partial charge in [-0.05, 0) is 12.5 Å². The van der Waals surface area contributed by atoms with Gasteiger partial charge in [-0.25, -0.2) is 4.98 Å². The molecule has 2 rings (SSSR count). The minimum absolute atomic E-state index is 0.192. The van der Waals surface area contributed by atoms with Crippen molar-refractivity contribution in [2.45, 2.75) is 13.3 Å². The monoisotopic (exact) mass is 230 g/mol. The first-order valence-corrected chi connectivity index (χ1v) is 5.53. The predicted molar refractivity (Wildman–Crippen MR) is 63.6 cm³/mol. The van der Waals surface area contributed by atoms with Crippen LogP contribution in [0, 0.1) is 0 Å². The van der Waals surface area contributed by atoms with E-state index in [0.29, 0.717) is 18.8 Å². The fourth-order valence-corrected chi connectivity index (χ4v) is 1.50. The van der Waals surface area contributed by atoms with E-state index < -0.39 is 0 Å². The maximum absolute atomic E-state index is 11.5. The van der Waals surface area contributed by atoms with Crippen LogP contribution in [0.1, 0.15) is 28.9 Å². The minimum Gasteiger partial charge on any atom is -0.350 e. The molecule has 1 aromatic carbocycles. The number of rotatable bonds is 4. The van der Waals surface area contributed by atoms with Crippen LogP contribution in [-0.4, -0.2) is 27.6 Å². The molecule has 5 heteroatoms. The molecule has 0 fully saturated rings. The standard InChI is InChI=1S/C12H14N4O/c1-2-13-12(17)11-14-10(15-16-11)8-9-6-4-3-5-7-9/h3-7H,2,8H2,1H3,(H,13,17)(H,14,15,16). The average molecular weight is 230 g/mol. The van der Waals surface area contributed by atoms with Crippen molar-refractivity contribution >= 4 is 5.91 Å². The summed E-state index contributed by atoms with van der Waals surface area (Å²) in [5, 5.41) is 9.31. The van der Waals surface area contributed by atoms with Crippen LogP contribution in [-0.2, 0) is 6.42 Å². The summed E-state index contributed by atoms with van der Waals surface area (Å²) >= 11 is 0.